The zero-order valence-electron chi connectivity index (χ0n) is 14.8. The van der Waals surface area contributed by atoms with Gasteiger partial charge in [-0.1, -0.05) is 0 Å². The Balaban J connectivity index is 2.01. The number of piperidine rings is 1. The van der Waals surface area contributed by atoms with E-state index in [1.807, 2.05) is 13.8 Å². The van der Waals surface area contributed by atoms with E-state index in [-0.39, 0.29) is 28.7 Å². The standard InChI is InChI=1S/C17H25N3O4S/c1-12(2)18-17(22)14-8-10-20(11-9-14)25(23,24)16-6-4-15(5-7-16)19-13(3)21/h4-7,12,14H,8-11H2,1-3H3,(H,18,22)(H,19,21). The monoisotopic (exact) mass is 367 g/mol. The van der Waals surface area contributed by atoms with Crippen LogP contribution < -0.4 is 10.6 Å². The smallest absolute Gasteiger partial charge is 0.243 e. The van der Waals surface area contributed by atoms with E-state index in [0.717, 1.165) is 0 Å². The van der Waals surface area contributed by atoms with Crippen molar-refractivity contribution >= 4 is 27.5 Å². The predicted octanol–water partition coefficient (Wildman–Crippen LogP) is 1.57. The number of amides is 2. The number of rotatable bonds is 5. The number of nitrogens with one attached hydrogen (secondary N) is 2. The third-order valence-electron chi connectivity index (χ3n) is 4.07. The van der Waals surface area contributed by atoms with Crippen molar-refractivity contribution in [2.75, 3.05) is 18.4 Å². The number of hydrogen-bond acceptors (Lipinski definition) is 4. The number of carbonyl (C=O) groups is 2. The van der Waals surface area contributed by atoms with Gasteiger partial charge in [-0.15, -0.1) is 0 Å². The Bertz CT molecular complexity index is 721. The Morgan fingerprint density at radius 2 is 1.68 bits per heavy atom. The second-order valence-electron chi connectivity index (χ2n) is 6.55. The van der Waals surface area contributed by atoms with Gasteiger partial charge in [0, 0.05) is 37.7 Å². The molecule has 25 heavy (non-hydrogen) atoms. The van der Waals surface area contributed by atoms with E-state index in [4.69, 9.17) is 0 Å². The normalized spacial score (nSPS) is 16.6. The summed E-state index contributed by atoms with van der Waals surface area (Å²) < 4.78 is 26.8. The highest BCUT2D eigenvalue weighted by Crippen LogP contribution is 2.25. The lowest BCUT2D eigenvalue weighted by Gasteiger charge is -2.31. The average Bonchev–Trinajstić information content (AvgIpc) is 2.54. The maximum absolute atomic E-state index is 12.7. The van der Waals surface area contributed by atoms with Gasteiger partial charge in [0.2, 0.25) is 21.8 Å². The molecule has 0 aliphatic carbocycles. The van der Waals surface area contributed by atoms with Gasteiger partial charge < -0.3 is 10.6 Å². The van der Waals surface area contributed by atoms with E-state index in [2.05, 4.69) is 10.6 Å². The van der Waals surface area contributed by atoms with Gasteiger partial charge in [-0.3, -0.25) is 9.59 Å². The van der Waals surface area contributed by atoms with E-state index >= 15 is 0 Å². The van der Waals surface area contributed by atoms with Crippen LogP contribution in [0.1, 0.15) is 33.6 Å². The highest BCUT2D eigenvalue weighted by Gasteiger charge is 2.32. The van der Waals surface area contributed by atoms with Crippen LogP contribution in [-0.4, -0.2) is 43.7 Å². The van der Waals surface area contributed by atoms with E-state index < -0.39 is 10.0 Å². The third kappa shape index (κ3) is 5.02. The van der Waals surface area contributed by atoms with E-state index in [0.29, 0.717) is 31.6 Å². The largest absolute Gasteiger partial charge is 0.354 e. The molecular formula is C17H25N3O4S. The number of hydrogen-bond donors (Lipinski definition) is 2. The molecule has 0 spiro atoms. The molecule has 1 aliphatic heterocycles. The molecule has 2 N–H and O–H groups in total. The zero-order valence-corrected chi connectivity index (χ0v) is 15.6. The average molecular weight is 367 g/mol. The first-order valence-corrected chi connectivity index (χ1v) is 9.82. The van der Waals surface area contributed by atoms with Crippen molar-refractivity contribution in [1.82, 2.24) is 9.62 Å². The lowest BCUT2D eigenvalue weighted by Crippen LogP contribution is -2.44. The van der Waals surface area contributed by atoms with E-state index in [1.54, 1.807) is 12.1 Å². The number of benzene rings is 1. The molecule has 0 unspecified atom stereocenters. The van der Waals surface area contributed by atoms with Gasteiger partial charge in [0.1, 0.15) is 0 Å². The molecule has 1 fully saturated rings. The van der Waals surface area contributed by atoms with E-state index in [9.17, 15) is 18.0 Å². The minimum atomic E-state index is -3.59. The van der Waals surface area contributed by atoms with Crippen molar-refractivity contribution in [2.45, 2.75) is 44.6 Å². The van der Waals surface area contributed by atoms with Gasteiger partial charge in [0.25, 0.3) is 0 Å². The van der Waals surface area contributed by atoms with Gasteiger partial charge in [0.05, 0.1) is 4.90 Å². The molecule has 8 heteroatoms. The fraction of sp³-hybridized carbons (Fsp3) is 0.529. The first-order chi connectivity index (χ1) is 11.7. The molecule has 0 aromatic heterocycles. The molecule has 0 radical (unpaired) electrons. The molecule has 1 aliphatic rings. The minimum Gasteiger partial charge on any atom is -0.354 e. The summed E-state index contributed by atoms with van der Waals surface area (Å²) >= 11 is 0. The highest BCUT2D eigenvalue weighted by atomic mass is 32.2. The van der Waals surface area contributed by atoms with Crippen LogP contribution in [-0.2, 0) is 19.6 Å². The number of sulfonamides is 1. The summed E-state index contributed by atoms with van der Waals surface area (Å²) in [5.74, 6) is -0.361. The molecular weight excluding hydrogens is 342 g/mol. The van der Waals surface area contributed by atoms with Crippen molar-refractivity contribution in [3.63, 3.8) is 0 Å². The van der Waals surface area contributed by atoms with Crippen LogP contribution in [0.3, 0.4) is 0 Å². The van der Waals surface area contributed by atoms with Crippen molar-refractivity contribution < 1.29 is 18.0 Å². The molecule has 2 rings (SSSR count). The Kier molecular flexibility index (Phi) is 6.18. The molecule has 2 amide bonds. The van der Waals surface area contributed by atoms with Crippen LogP contribution in [0.15, 0.2) is 29.2 Å². The zero-order chi connectivity index (χ0) is 18.6. The van der Waals surface area contributed by atoms with Crippen molar-refractivity contribution in [2.24, 2.45) is 5.92 Å². The Labute approximate surface area is 148 Å². The van der Waals surface area contributed by atoms with Gasteiger partial charge in [-0.25, -0.2) is 8.42 Å². The van der Waals surface area contributed by atoms with Crippen molar-refractivity contribution in [1.29, 1.82) is 0 Å². The second kappa shape index (κ2) is 7.97. The van der Waals surface area contributed by atoms with Crippen LogP contribution in [0.2, 0.25) is 0 Å². The van der Waals surface area contributed by atoms with Gasteiger partial charge in [-0.05, 0) is 51.0 Å². The first-order valence-electron chi connectivity index (χ1n) is 8.38. The topological polar surface area (TPSA) is 95.6 Å². The summed E-state index contributed by atoms with van der Waals surface area (Å²) in [6.45, 7) is 5.85. The number of carbonyl (C=O) groups excluding carboxylic acids is 2. The summed E-state index contributed by atoms with van der Waals surface area (Å²) in [4.78, 5) is 23.3. The Morgan fingerprint density at radius 1 is 1.12 bits per heavy atom. The quantitative estimate of drug-likeness (QED) is 0.826. The SMILES string of the molecule is CC(=O)Nc1ccc(S(=O)(=O)N2CCC(C(=O)NC(C)C)CC2)cc1. The maximum Gasteiger partial charge on any atom is 0.243 e. The summed E-state index contributed by atoms with van der Waals surface area (Å²) in [6, 6.07) is 6.18. The summed E-state index contributed by atoms with van der Waals surface area (Å²) in [5, 5.41) is 5.48. The molecule has 138 valence electrons. The summed E-state index contributed by atoms with van der Waals surface area (Å²) in [7, 11) is -3.59. The van der Waals surface area contributed by atoms with Crippen LogP contribution >= 0.6 is 0 Å². The fourth-order valence-corrected chi connectivity index (χ4v) is 4.29. The van der Waals surface area contributed by atoms with Gasteiger partial charge >= 0.3 is 0 Å². The van der Waals surface area contributed by atoms with Crippen LogP contribution in [0, 0.1) is 5.92 Å². The second-order valence-corrected chi connectivity index (χ2v) is 8.49. The van der Waals surface area contributed by atoms with Crippen LogP contribution in [0.4, 0.5) is 5.69 Å². The molecule has 0 atom stereocenters. The Hall–Kier alpha value is -1.93. The first kappa shape index (κ1) is 19.4. The molecule has 1 heterocycles. The minimum absolute atomic E-state index is 0.00768. The molecule has 1 aromatic rings. The maximum atomic E-state index is 12.7. The lowest BCUT2D eigenvalue weighted by molar-refractivity contribution is -0.126. The number of anilines is 1. The summed E-state index contributed by atoms with van der Waals surface area (Å²) in [6.07, 6.45) is 1.03. The number of nitrogens with zero attached hydrogens (tertiary/aromatic N) is 1. The fourth-order valence-electron chi connectivity index (χ4n) is 2.82. The lowest BCUT2D eigenvalue weighted by atomic mass is 9.97. The van der Waals surface area contributed by atoms with Gasteiger partial charge in [-0.2, -0.15) is 4.31 Å². The van der Waals surface area contributed by atoms with Crippen molar-refractivity contribution in [3.05, 3.63) is 24.3 Å². The predicted molar refractivity (Wildman–Crippen MR) is 95.5 cm³/mol. The molecule has 1 saturated heterocycles. The van der Waals surface area contributed by atoms with E-state index in [1.165, 1.54) is 23.4 Å². The molecule has 7 nitrogen and oxygen atoms in total. The summed E-state index contributed by atoms with van der Waals surface area (Å²) in [5.41, 5.74) is 0.551. The van der Waals surface area contributed by atoms with Crippen molar-refractivity contribution in [3.8, 4) is 0 Å². The Morgan fingerprint density at radius 3 is 2.16 bits per heavy atom. The molecule has 0 saturated carbocycles. The van der Waals surface area contributed by atoms with Crippen LogP contribution in [0.5, 0.6) is 0 Å². The van der Waals surface area contributed by atoms with Gasteiger partial charge in [0.15, 0.2) is 0 Å². The molecule has 1 aromatic carbocycles. The molecule has 0 bridgehead atoms. The van der Waals surface area contributed by atoms with Crippen LogP contribution in [0.25, 0.3) is 0 Å². The highest BCUT2D eigenvalue weighted by molar-refractivity contribution is 7.89. The third-order valence-corrected chi connectivity index (χ3v) is 5.98.